The second-order valence-corrected chi connectivity index (χ2v) is 20.5. The van der Waals surface area contributed by atoms with Gasteiger partial charge in [-0.05, 0) is 147 Å². The van der Waals surface area contributed by atoms with Gasteiger partial charge in [-0.2, -0.15) is 0 Å². The highest BCUT2D eigenvalue weighted by Gasteiger charge is 2.41. The maximum absolute atomic E-state index is 2.52. The minimum atomic E-state index is -0.277. The standard InChI is InChI=1S/C67H50N2S/c1-43-19-15-27-49(37-43)68(51-29-17-25-47(39-51)45-21-7-5-8-22-45)53-35-36-56-58(41-53)54-31-11-12-32-55(54)63-64-61(70-66(56)63)42-60(62-57-33-13-14-34-59(57)67(3,4)65(62)64)69(50-28-16-20-44(2)38-50)52-30-18-26-48(40-52)46-23-9-6-10-24-46/h5-42H,1-4H3. The SMILES string of the molecule is Cc1cccc(N(c2cccc(-c3ccccc3)c2)c2ccc3c(c2)c2ccccc2c2c3sc3cc(N(c4cccc(C)c4)c4cccc(-c5ccccc5)c4)c4c(c32)C(C)(C)c2ccccc2-4)c1. The highest BCUT2D eigenvalue weighted by atomic mass is 32.1. The summed E-state index contributed by atoms with van der Waals surface area (Å²) in [6.07, 6.45) is 0. The summed E-state index contributed by atoms with van der Waals surface area (Å²) in [7, 11) is 0. The van der Waals surface area contributed by atoms with E-state index in [0.717, 1.165) is 28.4 Å². The third-order valence-corrected chi connectivity index (χ3v) is 15.8. The Morgan fingerprint density at radius 2 is 0.886 bits per heavy atom. The summed E-state index contributed by atoms with van der Waals surface area (Å²) in [6, 6.07) is 85.3. The molecule has 0 atom stereocenters. The molecule has 12 aromatic rings. The molecule has 0 N–H and O–H groups in total. The van der Waals surface area contributed by atoms with Gasteiger partial charge in [-0.1, -0.05) is 178 Å². The number of aryl methyl sites for hydroxylation is 2. The summed E-state index contributed by atoms with van der Waals surface area (Å²) in [5.74, 6) is 0. The summed E-state index contributed by atoms with van der Waals surface area (Å²) in [6.45, 7) is 9.26. The lowest BCUT2D eigenvalue weighted by atomic mass is 9.79. The molecule has 0 saturated heterocycles. The van der Waals surface area contributed by atoms with Crippen LogP contribution < -0.4 is 9.80 Å². The van der Waals surface area contributed by atoms with Gasteiger partial charge in [0.2, 0.25) is 0 Å². The van der Waals surface area contributed by atoms with Crippen LogP contribution in [0.4, 0.5) is 34.1 Å². The molecule has 1 heterocycles. The second kappa shape index (κ2) is 16.5. The van der Waals surface area contributed by atoms with E-state index < -0.39 is 0 Å². The topological polar surface area (TPSA) is 6.48 Å². The van der Waals surface area contributed by atoms with Gasteiger partial charge in [0.1, 0.15) is 0 Å². The van der Waals surface area contributed by atoms with Crippen LogP contribution in [-0.2, 0) is 5.41 Å². The number of anilines is 6. The second-order valence-electron chi connectivity index (χ2n) is 19.5. The predicted molar refractivity (Wildman–Crippen MR) is 302 cm³/mol. The fraction of sp³-hybridized carbons (Fsp3) is 0.0746. The van der Waals surface area contributed by atoms with Gasteiger partial charge in [-0.25, -0.2) is 0 Å². The minimum Gasteiger partial charge on any atom is -0.310 e. The number of nitrogens with zero attached hydrogens (tertiary/aromatic N) is 2. The average Bonchev–Trinajstić information content (AvgIpc) is 3.90. The van der Waals surface area contributed by atoms with Crippen molar-refractivity contribution in [2.24, 2.45) is 0 Å². The molecule has 0 saturated carbocycles. The monoisotopic (exact) mass is 914 g/mol. The molecular formula is C67H50N2S. The van der Waals surface area contributed by atoms with Gasteiger partial charge in [0.15, 0.2) is 0 Å². The van der Waals surface area contributed by atoms with Crippen molar-refractivity contribution < 1.29 is 0 Å². The summed E-state index contributed by atoms with van der Waals surface area (Å²) >= 11 is 1.94. The van der Waals surface area contributed by atoms with Crippen LogP contribution in [0.25, 0.3) is 75.1 Å². The van der Waals surface area contributed by atoms with Crippen LogP contribution in [0.3, 0.4) is 0 Å². The number of benzene rings is 11. The Hall–Kier alpha value is -8.24. The molecule has 0 amide bonds. The van der Waals surface area contributed by atoms with Crippen LogP contribution in [0.15, 0.2) is 231 Å². The normalized spacial score (nSPS) is 12.7. The highest BCUT2D eigenvalue weighted by Crippen LogP contribution is 2.60. The maximum Gasteiger partial charge on any atom is 0.0557 e. The van der Waals surface area contributed by atoms with E-state index in [1.54, 1.807) is 0 Å². The molecule has 0 bridgehead atoms. The van der Waals surface area contributed by atoms with Gasteiger partial charge in [-0.15, -0.1) is 11.3 Å². The van der Waals surface area contributed by atoms with Gasteiger partial charge < -0.3 is 9.80 Å². The first-order valence-corrected chi connectivity index (χ1v) is 25.1. The first-order chi connectivity index (χ1) is 34.3. The Bertz CT molecular complexity index is 4010. The Labute approximate surface area is 414 Å². The maximum atomic E-state index is 2.52. The van der Waals surface area contributed by atoms with Gasteiger partial charge in [0.25, 0.3) is 0 Å². The van der Waals surface area contributed by atoms with E-state index in [0.29, 0.717) is 0 Å². The van der Waals surface area contributed by atoms with Crippen molar-refractivity contribution in [1.29, 1.82) is 0 Å². The predicted octanol–water partition coefficient (Wildman–Crippen LogP) is 19.6. The van der Waals surface area contributed by atoms with Crippen LogP contribution in [-0.4, -0.2) is 0 Å². The fourth-order valence-electron chi connectivity index (χ4n) is 11.5. The zero-order valence-electron chi connectivity index (χ0n) is 39.7. The summed E-state index contributed by atoms with van der Waals surface area (Å²) in [5, 5.41) is 7.79. The Morgan fingerprint density at radius 1 is 0.371 bits per heavy atom. The molecule has 0 aliphatic heterocycles. The van der Waals surface area contributed by atoms with E-state index in [1.165, 1.54) is 103 Å². The van der Waals surface area contributed by atoms with Crippen LogP contribution in [0.2, 0.25) is 0 Å². The van der Waals surface area contributed by atoms with Crippen molar-refractivity contribution in [3.8, 4) is 33.4 Å². The quantitative estimate of drug-likeness (QED) is 0.140. The van der Waals surface area contributed by atoms with Crippen LogP contribution in [0, 0.1) is 13.8 Å². The number of hydrogen-bond acceptors (Lipinski definition) is 3. The zero-order valence-corrected chi connectivity index (χ0v) is 40.6. The van der Waals surface area contributed by atoms with Crippen molar-refractivity contribution in [2.45, 2.75) is 33.1 Å². The third-order valence-electron chi connectivity index (χ3n) is 14.6. The minimum absolute atomic E-state index is 0.277. The zero-order chi connectivity index (χ0) is 47.1. The van der Waals surface area contributed by atoms with Gasteiger partial charge in [0, 0.05) is 65.0 Å². The van der Waals surface area contributed by atoms with Crippen LogP contribution in [0.1, 0.15) is 36.1 Å². The van der Waals surface area contributed by atoms with E-state index >= 15 is 0 Å². The van der Waals surface area contributed by atoms with Gasteiger partial charge in [-0.3, -0.25) is 0 Å². The average molecular weight is 915 g/mol. The molecule has 0 spiro atoms. The van der Waals surface area contributed by atoms with Crippen molar-refractivity contribution in [3.05, 3.63) is 253 Å². The summed E-state index contributed by atoms with van der Waals surface area (Å²) in [5.41, 5.74) is 19.2. The van der Waals surface area contributed by atoms with E-state index in [2.05, 4.69) is 268 Å². The lowest BCUT2D eigenvalue weighted by molar-refractivity contribution is 0.667. The van der Waals surface area contributed by atoms with Crippen molar-refractivity contribution >= 4 is 87.2 Å². The number of rotatable bonds is 8. The number of hydrogen-bond donors (Lipinski definition) is 0. The third kappa shape index (κ3) is 6.76. The molecular weight excluding hydrogens is 865 g/mol. The first-order valence-electron chi connectivity index (χ1n) is 24.3. The molecule has 0 fully saturated rings. The molecule has 334 valence electrons. The molecule has 1 aliphatic rings. The van der Waals surface area contributed by atoms with Crippen molar-refractivity contribution in [3.63, 3.8) is 0 Å². The largest absolute Gasteiger partial charge is 0.310 e. The van der Waals surface area contributed by atoms with Gasteiger partial charge in [0.05, 0.1) is 5.69 Å². The Kier molecular flexibility index (Phi) is 9.86. The van der Waals surface area contributed by atoms with Crippen LogP contribution in [0.5, 0.6) is 0 Å². The van der Waals surface area contributed by atoms with Crippen molar-refractivity contribution in [2.75, 3.05) is 9.80 Å². The fourth-order valence-corrected chi connectivity index (χ4v) is 12.8. The van der Waals surface area contributed by atoms with E-state index in [9.17, 15) is 0 Å². The lowest BCUT2D eigenvalue weighted by Gasteiger charge is -2.30. The molecule has 3 heteroatoms. The molecule has 11 aromatic carbocycles. The van der Waals surface area contributed by atoms with Crippen LogP contribution >= 0.6 is 11.3 Å². The first kappa shape index (κ1) is 41.9. The Morgan fingerprint density at radius 3 is 1.53 bits per heavy atom. The number of fused-ring (bicyclic) bond motifs is 12. The molecule has 0 unspecified atom stereocenters. The Balaban J connectivity index is 1.09. The molecule has 1 aromatic heterocycles. The molecule has 1 aliphatic carbocycles. The lowest BCUT2D eigenvalue weighted by Crippen LogP contribution is -2.16. The van der Waals surface area contributed by atoms with Crippen molar-refractivity contribution in [1.82, 2.24) is 0 Å². The molecule has 70 heavy (non-hydrogen) atoms. The summed E-state index contributed by atoms with van der Waals surface area (Å²) < 4.78 is 2.62. The molecule has 0 radical (unpaired) electrons. The highest BCUT2D eigenvalue weighted by molar-refractivity contribution is 7.27. The number of thiophene rings is 1. The summed E-state index contributed by atoms with van der Waals surface area (Å²) in [4.78, 5) is 4.95. The smallest absolute Gasteiger partial charge is 0.0557 e. The van der Waals surface area contributed by atoms with E-state index in [1.807, 2.05) is 11.3 Å². The van der Waals surface area contributed by atoms with Gasteiger partial charge >= 0.3 is 0 Å². The van der Waals surface area contributed by atoms with E-state index in [-0.39, 0.29) is 5.41 Å². The molecule has 13 rings (SSSR count). The molecule has 2 nitrogen and oxygen atoms in total. The van der Waals surface area contributed by atoms with E-state index in [4.69, 9.17) is 0 Å².